The Bertz CT molecular complexity index is 742. The molecule has 0 aliphatic carbocycles. The number of benzene rings is 1. The van der Waals surface area contributed by atoms with Gasteiger partial charge in [-0.3, -0.25) is 9.59 Å². The van der Waals surface area contributed by atoms with Crippen LogP contribution in [0.3, 0.4) is 0 Å². The van der Waals surface area contributed by atoms with E-state index in [4.69, 9.17) is 5.73 Å². The molecule has 140 valence electrons. The van der Waals surface area contributed by atoms with E-state index in [9.17, 15) is 9.59 Å². The van der Waals surface area contributed by atoms with Crippen molar-refractivity contribution in [3.8, 4) is 0 Å². The van der Waals surface area contributed by atoms with Gasteiger partial charge in [0.05, 0.1) is 4.88 Å². The van der Waals surface area contributed by atoms with Gasteiger partial charge in [-0.15, -0.1) is 23.7 Å². The first kappa shape index (κ1) is 20.4. The highest BCUT2D eigenvalue weighted by Crippen LogP contribution is 2.19. The Kier molecular flexibility index (Phi) is 7.20. The second-order valence-corrected chi connectivity index (χ2v) is 7.59. The van der Waals surface area contributed by atoms with Crippen LogP contribution < -0.4 is 5.73 Å². The minimum absolute atomic E-state index is 0. The summed E-state index contributed by atoms with van der Waals surface area (Å²) >= 11 is 1.51. The molecule has 1 aliphatic heterocycles. The molecule has 0 radical (unpaired) electrons. The quantitative estimate of drug-likeness (QED) is 0.868. The fourth-order valence-electron chi connectivity index (χ4n) is 3.00. The largest absolute Gasteiger partial charge is 0.339 e. The average molecular weight is 394 g/mol. The summed E-state index contributed by atoms with van der Waals surface area (Å²) in [5.74, 6) is 0.113. The topological polar surface area (TPSA) is 66.6 Å². The molecule has 0 saturated carbocycles. The van der Waals surface area contributed by atoms with Crippen molar-refractivity contribution < 1.29 is 9.59 Å². The van der Waals surface area contributed by atoms with Gasteiger partial charge in [0.1, 0.15) is 0 Å². The van der Waals surface area contributed by atoms with E-state index in [0.717, 1.165) is 15.3 Å². The standard InChI is InChI=1S/C19H23N3O2S.ClH/c1-14-7-8-17(25-14)19(24)22-11-9-21(10-12-22)18(23)13-16(20)15-5-3-2-4-6-15;/h2-8,16H,9-13,20H2,1H3;1H. The molecule has 3 rings (SSSR count). The second-order valence-electron chi connectivity index (χ2n) is 6.30. The summed E-state index contributed by atoms with van der Waals surface area (Å²) in [5.41, 5.74) is 7.12. The van der Waals surface area contributed by atoms with Crippen LogP contribution >= 0.6 is 23.7 Å². The number of amides is 2. The lowest BCUT2D eigenvalue weighted by molar-refractivity contribution is -0.133. The number of piperazine rings is 1. The molecule has 1 fully saturated rings. The number of thiophene rings is 1. The zero-order chi connectivity index (χ0) is 17.8. The average Bonchev–Trinajstić information content (AvgIpc) is 3.08. The van der Waals surface area contributed by atoms with Crippen molar-refractivity contribution in [3.63, 3.8) is 0 Å². The lowest BCUT2D eigenvalue weighted by atomic mass is 10.0. The van der Waals surface area contributed by atoms with E-state index in [0.29, 0.717) is 32.6 Å². The molecule has 0 bridgehead atoms. The van der Waals surface area contributed by atoms with Crippen LogP contribution in [0.2, 0.25) is 0 Å². The lowest BCUT2D eigenvalue weighted by Crippen LogP contribution is -2.50. The van der Waals surface area contributed by atoms with Crippen molar-refractivity contribution in [2.45, 2.75) is 19.4 Å². The number of rotatable bonds is 4. The maximum absolute atomic E-state index is 12.5. The van der Waals surface area contributed by atoms with Crippen LogP contribution in [0, 0.1) is 6.92 Å². The first-order valence-corrected chi connectivity index (χ1v) is 9.30. The third-order valence-electron chi connectivity index (χ3n) is 4.49. The van der Waals surface area contributed by atoms with E-state index in [1.807, 2.05) is 59.2 Å². The number of hydrogen-bond acceptors (Lipinski definition) is 4. The van der Waals surface area contributed by atoms with E-state index < -0.39 is 0 Å². The molecule has 2 aromatic rings. The minimum Gasteiger partial charge on any atom is -0.339 e. The van der Waals surface area contributed by atoms with Crippen LogP contribution in [-0.2, 0) is 4.79 Å². The molecule has 1 aliphatic rings. The Balaban J connectivity index is 0.00000243. The molecule has 26 heavy (non-hydrogen) atoms. The summed E-state index contributed by atoms with van der Waals surface area (Å²) in [6.45, 7) is 4.27. The normalized spacial score (nSPS) is 15.3. The number of hydrogen-bond donors (Lipinski definition) is 1. The molecule has 1 aromatic heterocycles. The van der Waals surface area contributed by atoms with Gasteiger partial charge in [0.25, 0.3) is 5.91 Å². The Hall–Kier alpha value is -1.89. The molecule has 7 heteroatoms. The highest BCUT2D eigenvalue weighted by Gasteiger charge is 2.26. The van der Waals surface area contributed by atoms with Crippen LogP contribution in [0.15, 0.2) is 42.5 Å². The highest BCUT2D eigenvalue weighted by molar-refractivity contribution is 7.13. The highest BCUT2D eigenvalue weighted by atomic mass is 35.5. The predicted molar refractivity (Wildman–Crippen MR) is 107 cm³/mol. The summed E-state index contributed by atoms with van der Waals surface area (Å²) < 4.78 is 0. The van der Waals surface area contributed by atoms with Gasteiger partial charge in [0.2, 0.25) is 5.91 Å². The molecule has 1 saturated heterocycles. The first-order chi connectivity index (χ1) is 12.0. The van der Waals surface area contributed by atoms with Crippen LogP contribution in [-0.4, -0.2) is 47.8 Å². The van der Waals surface area contributed by atoms with Crippen molar-refractivity contribution >= 4 is 35.6 Å². The van der Waals surface area contributed by atoms with Crippen LogP contribution in [0.25, 0.3) is 0 Å². The van der Waals surface area contributed by atoms with Gasteiger partial charge < -0.3 is 15.5 Å². The third-order valence-corrected chi connectivity index (χ3v) is 5.48. The van der Waals surface area contributed by atoms with Crippen molar-refractivity contribution in [2.75, 3.05) is 26.2 Å². The van der Waals surface area contributed by atoms with Gasteiger partial charge in [-0.05, 0) is 24.6 Å². The molecular formula is C19H24ClN3O2S. The van der Waals surface area contributed by atoms with E-state index in [-0.39, 0.29) is 30.3 Å². The maximum Gasteiger partial charge on any atom is 0.264 e. The van der Waals surface area contributed by atoms with Crippen molar-refractivity contribution in [2.24, 2.45) is 5.73 Å². The summed E-state index contributed by atoms with van der Waals surface area (Å²) in [6, 6.07) is 13.2. The predicted octanol–water partition coefficient (Wildman–Crippen LogP) is 2.85. The number of aryl methyl sites for hydroxylation is 1. The third kappa shape index (κ3) is 4.84. The Labute approximate surface area is 164 Å². The molecule has 1 aromatic carbocycles. The number of nitrogens with zero attached hydrogens (tertiary/aromatic N) is 2. The fourth-order valence-corrected chi connectivity index (χ4v) is 3.84. The van der Waals surface area contributed by atoms with Gasteiger partial charge in [0, 0.05) is 43.5 Å². The molecule has 0 spiro atoms. The number of carbonyl (C=O) groups is 2. The number of carbonyl (C=O) groups excluding carboxylic acids is 2. The molecule has 2 amide bonds. The number of halogens is 1. The SMILES string of the molecule is Cc1ccc(C(=O)N2CCN(C(=O)CC(N)c3ccccc3)CC2)s1.Cl. The summed E-state index contributed by atoms with van der Waals surface area (Å²) in [5, 5.41) is 0. The number of nitrogens with two attached hydrogens (primary N) is 1. The molecule has 2 heterocycles. The van der Waals surface area contributed by atoms with Crippen molar-refractivity contribution in [1.82, 2.24) is 9.80 Å². The maximum atomic E-state index is 12.5. The molecule has 1 unspecified atom stereocenters. The van der Waals surface area contributed by atoms with Crippen molar-refractivity contribution in [1.29, 1.82) is 0 Å². The molecule has 2 N–H and O–H groups in total. The summed E-state index contributed by atoms with van der Waals surface area (Å²) in [7, 11) is 0. The van der Waals surface area contributed by atoms with Gasteiger partial charge in [-0.2, -0.15) is 0 Å². The molecular weight excluding hydrogens is 370 g/mol. The van der Waals surface area contributed by atoms with E-state index in [2.05, 4.69) is 0 Å². The molecule has 5 nitrogen and oxygen atoms in total. The summed E-state index contributed by atoms with van der Waals surface area (Å²) in [6.07, 6.45) is 0.294. The van der Waals surface area contributed by atoms with Crippen LogP contribution in [0.1, 0.15) is 32.6 Å². The fraction of sp³-hybridized carbons (Fsp3) is 0.368. The Morgan fingerprint density at radius 2 is 1.65 bits per heavy atom. The smallest absolute Gasteiger partial charge is 0.264 e. The Morgan fingerprint density at radius 3 is 2.23 bits per heavy atom. The zero-order valence-corrected chi connectivity index (χ0v) is 16.4. The first-order valence-electron chi connectivity index (χ1n) is 8.48. The molecule has 1 atom stereocenters. The van der Waals surface area contributed by atoms with Crippen LogP contribution in [0.5, 0.6) is 0 Å². The minimum atomic E-state index is -0.289. The second kappa shape index (κ2) is 9.16. The van der Waals surface area contributed by atoms with Gasteiger partial charge >= 0.3 is 0 Å². The van der Waals surface area contributed by atoms with Gasteiger partial charge in [-0.1, -0.05) is 30.3 Å². The zero-order valence-electron chi connectivity index (χ0n) is 14.8. The van der Waals surface area contributed by atoms with Crippen LogP contribution in [0.4, 0.5) is 0 Å². The lowest BCUT2D eigenvalue weighted by Gasteiger charge is -2.35. The van der Waals surface area contributed by atoms with Gasteiger partial charge in [0.15, 0.2) is 0 Å². The summed E-state index contributed by atoms with van der Waals surface area (Å²) in [4.78, 5) is 30.5. The van der Waals surface area contributed by atoms with Crippen molar-refractivity contribution in [3.05, 3.63) is 57.8 Å². The van der Waals surface area contributed by atoms with E-state index >= 15 is 0 Å². The monoisotopic (exact) mass is 393 g/mol. The van der Waals surface area contributed by atoms with E-state index in [1.165, 1.54) is 11.3 Å². The Morgan fingerprint density at radius 1 is 1.04 bits per heavy atom. The van der Waals surface area contributed by atoms with Gasteiger partial charge in [-0.25, -0.2) is 0 Å². The van der Waals surface area contributed by atoms with E-state index in [1.54, 1.807) is 0 Å².